The van der Waals surface area contributed by atoms with Crippen molar-refractivity contribution in [3.8, 4) is 0 Å². The average molecular weight is 239 g/mol. The van der Waals surface area contributed by atoms with Crippen LogP contribution in [0, 0.1) is 6.92 Å². The molecule has 0 spiro atoms. The molecule has 0 amide bonds. The molecule has 0 fully saturated rings. The molecule has 1 aromatic rings. The molecular weight excluding hydrogens is 226 g/mol. The predicted molar refractivity (Wildman–Crippen MR) is 60.5 cm³/mol. The summed E-state index contributed by atoms with van der Waals surface area (Å²) in [5, 5.41) is 0. The van der Waals surface area contributed by atoms with Gasteiger partial charge in [0.25, 0.3) is 10.0 Å². The highest BCUT2D eigenvalue weighted by Crippen LogP contribution is 2.16. The zero-order valence-corrected chi connectivity index (χ0v) is 9.66. The number of aryl methyl sites for hydroxylation is 1. The first-order valence-electron chi connectivity index (χ1n) is 4.82. The summed E-state index contributed by atoms with van der Waals surface area (Å²) in [6.45, 7) is 2.16. The lowest BCUT2D eigenvalue weighted by molar-refractivity contribution is 0.403. The smallest absolute Gasteiger partial charge is 0.260 e. The van der Waals surface area contributed by atoms with Gasteiger partial charge in [-0.05, 0) is 25.1 Å². The number of rotatable bonds is 2. The number of hydrogen-bond donors (Lipinski definition) is 2. The quantitative estimate of drug-likeness (QED) is 0.778. The Labute approximate surface area is 94.6 Å². The average Bonchev–Trinajstić information content (AvgIpc) is 2.66. The van der Waals surface area contributed by atoms with Gasteiger partial charge in [-0.2, -0.15) is 0 Å². The summed E-state index contributed by atoms with van der Waals surface area (Å²) >= 11 is 0. The highest BCUT2D eigenvalue weighted by atomic mass is 32.2. The van der Waals surface area contributed by atoms with Gasteiger partial charge in [-0.1, -0.05) is 17.7 Å². The minimum Gasteiger partial charge on any atom is -0.385 e. The van der Waals surface area contributed by atoms with E-state index < -0.39 is 10.0 Å². The molecule has 86 valence electrons. The van der Waals surface area contributed by atoms with E-state index >= 15 is 0 Å². The van der Waals surface area contributed by atoms with Crippen LogP contribution in [0.1, 0.15) is 5.56 Å². The van der Waals surface area contributed by atoms with Crippen LogP contribution in [-0.4, -0.2) is 19.4 Å². The van der Waals surface area contributed by atoms with E-state index in [1.807, 2.05) is 6.92 Å². The van der Waals surface area contributed by atoms with Crippen molar-refractivity contribution < 1.29 is 8.42 Å². The molecule has 0 bridgehead atoms. The molecule has 3 N–H and O–H groups in total. The lowest BCUT2D eigenvalue weighted by Gasteiger charge is -2.17. The summed E-state index contributed by atoms with van der Waals surface area (Å²) in [7, 11) is -3.50. The van der Waals surface area contributed by atoms with E-state index in [4.69, 9.17) is 5.73 Å². The van der Waals surface area contributed by atoms with E-state index in [1.165, 1.54) is 0 Å². The van der Waals surface area contributed by atoms with E-state index in [0.29, 0.717) is 5.82 Å². The Kier molecular flexibility index (Phi) is 2.61. The van der Waals surface area contributed by atoms with Crippen molar-refractivity contribution in [1.82, 2.24) is 9.84 Å². The van der Waals surface area contributed by atoms with Gasteiger partial charge in [-0.25, -0.2) is 8.42 Å². The van der Waals surface area contributed by atoms with Crippen molar-refractivity contribution in [1.29, 1.82) is 0 Å². The summed E-state index contributed by atoms with van der Waals surface area (Å²) in [6.07, 6.45) is 1.62. The van der Waals surface area contributed by atoms with Crippen LogP contribution in [0.25, 0.3) is 0 Å². The maximum absolute atomic E-state index is 12.1. The van der Waals surface area contributed by atoms with Crippen LogP contribution in [0.3, 0.4) is 0 Å². The van der Waals surface area contributed by atoms with E-state index in [9.17, 15) is 8.42 Å². The molecule has 1 aliphatic rings. The highest BCUT2D eigenvalue weighted by molar-refractivity contribution is 7.89. The second-order valence-corrected chi connectivity index (χ2v) is 5.48. The van der Waals surface area contributed by atoms with Crippen LogP contribution < -0.4 is 11.2 Å². The molecule has 0 unspecified atom stereocenters. The number of benzene rings is 1. The van der Waals surface area contributed by atoms with Gasteiger partial charge >= 0.3 is 0 Å². The SMILES string of the molecule is Cc1ccc(S(=O)(=O)N2CC=C(N)N2)cc1. The molecule has 0 aromatic heterocycles. The van der Waals surface area contributed by atoms with Crippen molar-refractivity contribution in [3.63, 3.8) is 0 Å². The Balaban J connectivity index is 2.30. The van der Waals surface area contributed by atoms with Gasteiger partial charge in [0.1, 0.15) is 5.82 Å². The second-order valence-electron chi connectivity index (χ2n) is 3.62. The molecule has 0 radical (unpaired) electrons. The first kappa shape index (κ1) is 11.0. The number of hydrogen-bond acceptors (Lipinski definition) is 4. The number of nitrogens with two attached hydrogens (primary N) is 1. The number of nitrogens with zero attached hydrogens (tertiary/aromatic N) is 1. The first-order chi connectivity index (χ1) is 7.50. The third-order valence-corrected chi connectivity index (χ3v) is 4.03. The molecule has 5 nitrogen and oxygen atoms in total. The fourth-order valence-corrected chi connectivity index (χ4v) is 2.64. The summed E-state index contributed by atoms with van der Waals surface area (Å²) in [5.41, 5.74) is 9.08. The van der Waals surface area contributed by atoms with E-state index in [0.717, 1.165) is 9.98 Å². The molecule has 0 saturated heterocycles. The van der Waals surface area contributed by atoms with Gasteiger partial charge in [-0.3, -0.25) is 5.43 Å². The third kappa shape index (κ3) is 1.89. The Hall–Kier alpha value is -1.53. The number of sulfonamides is 1. The fraction of sp³-hybridized carbons (Fsp3) is 0.200. The lowest BCUT2D eigenvalue weighted by Crippen LogP contribution is -2.39. The van der Waals surface area contributed by atoms with Gasteiger partial charge in [-0.15, -0.1) is 4.41 Å². The summed E-state index contributed by atoms with van der Waals surface area (Å²) in [6, 6.07) is 6.70. The van der Waals surface area contributed by atoms with Crippen molar-refractivity contribution in [3.05, 3.63) is 41.7 Å². The van der Waals surface area contributed by atoms with Crippen LogP contribution in [0.5, 0.6) is 0 Å². The molecule has 1 heterocycles. The lowest BCUT2D eigenvalue weighted by atomic mass is 10.2. The Morgan fingerprint density at radius 1 is 1.31 bits per heavy atom. The third-order valence-electron chi connectivity index (χ3n) is 2.34. The van der Waals surface area contributed by atoms with Gasteiger partial charge in [0.05, 0.1) is 11.4 Å². The van der Waals surface area contributed by atoms with Crippen LogP contribution in [0.15, 0.2) is 41.1 Å². The molecule has 0 aliphatic carbocycles. The Bertz CT molecular complexity index is 520. The molecule has 2 rings (SSSR count). The molecule has 0 atom stereocenters. The van der Waals surface area contributed by atoms with Crippen molar-refractivity contribution in [2.24, 2.45) is 5.73 Å². The Morgan fingerprint density at radius 3 is 2.44 bits per heavy atom. The molecule has 16 heavy (non-hydrogen) atoms. The van der Waals surface area contributed by atoms with E-state index in [-0.39, 0.29) is 11.4 Å². The molecule has 6 heteroatoms. The van der Waals surface area contributed by atoms with Gasteiger partial charge < -0.3 is 5.73 Å². The predicted octanol–water partition coefficient (Wildman–Crippen LogP) is 0.304. The van der Waals surface area contributed by atoms with E-state index in [2.05, 4.69) is 5.43 Å². The van der Waals surface area contributed by atoms with E-state index in [1.54, 1.807) is 30.3 Å². The maximum atomic E-state index is 12.1. The summed E-state index contributed by atoms with van der Waals surface area (Å²) in [5.74, 6) is 0.357. The number of hydrazine groups is 1. The Morgan fingerprint density at radius 2 is 1.94 bits per heavy atom. The minimum absolute atomic E-state index is 0.252. The van der Waals surface area contributed by atoms with Crippen LogP contribution >= 0.6 is 0 Å². The number of nitrogens with one attached hydrogen (secondary N) is 1. The van der Waals surface area contributed by atoms with Gasteiger partial charge in [0.2, 0.25) is 0 Å². The highest BCUT2D eigenvalue weighted by Gasteiger charge is 2.26. The maximum Gasteiger partial charge on any atom is 0.260 e. The largest absolute Gasteiger partial charge is 0.385 e. The van der Waals surface area contributed by atoms with Gasteiger partial charge in [0.15, 0.2) is 0 Å². The second kappa shape index (κ2) is 3.80. The molecule has 1 aromatic carbocycles. The fourth-order valence-electron chi connectivity index (χ4n) is 1.41. The molecular formula is C10H13N3O2S. The minimum atomic E-state index is -3.50. The molecule has 0 saturated carbocycles. The van der Waals surface area contributed by atoms with Crippen LogP contribution in [0.4, 0.5) is 0 Å². The van der Waals surface area contributed by atoms with Crippen molar-refractivity contribution in [2.45, 2.75) is 11.8 Å². The summed E-state index contributed by atoms with van der Waals surface area (Å²) < 4.78 is 25.2. The standard InChI is InChI=1S/C10H13N3O2S/c1-8-2-4-9(5-3-8)16(14,15)13-7-6-10(11)12-13/h2-6,12H,7,11H2,1H3. The van der Waals surface area contributed by atoms with Crippen LogP contribution in [0.2, 0.25) is 0 Å². The zero-order valence-electron chi connectivity index (χ0n) is 8.84. The monoisotopic (exact) mass is 239 g/mol. The van der Waals surface area contributed by atoms with Crippen molar-refractivity contribution in [2.75, 3.05) is 6.54 Å². The molecule has 1 aliphatic heterocycles. The zero-order chi connectivity index (χ0) is 11.8. The normalized spacial score (nSPS) is 16.9. The summed E-state index contributed by atoms with van der Waals surface area (Å²) in [4.78, 5) is 0.258. The topological polar surface area (TPSA) is 75.4 Å². The van der Waals surface area contributed by atoms with Crippen molar-refractivity contribution >= 4 is 10.0 Å². The van der Waals surface area contributed by atoms with Crippen LogP contribution in [-0.2, 0) is 10.0 Å². The van der Waals surface area contributed by atoms with Gasteiger partial charge in [0, 0.05) is 0 Å². The first-order valence-corrected chi connectivity index (χ1v) is 6.26.